The van der Waals surface area contributed by atoms with Crippen LogP contribution in [0.5, 0.6) is 0 Å². The van der Waals surface area contributed by atoms with Gasteiger partial charge in [0.2, 0.25) is 0 Å². The molecular formula is C29H25NO3. The van der Waals surface area contributed by atoms with E-state index >= 15 is 0 Å². The van der Waals surface area contributed by atoms with Crippen molar-refractivity contribution in [2.24, 2.45) is 5.92 Å². The zero-order valence-electron chi connectivity index (χ0n) is 18.1. The van der Waals surface area contributed by atoms with Crippen LogP contribution in [0.15, 0.2) is 121 Å². The highest BCUT2D eigenvalue weighted by Crippen LogP contribution is 2.59. The highest BCUT2D eigenvalue weighted by molar-refractivity contribution is 5.75. The van der Waals surface area contributed by atoms with Gasteiger partial charge < -0.3 is 10.3 Å². The fraction of sp³-hybridized carbons (Fsp3) is 0.138. The van der Waals surface area contributed by atoms with Gasteiger partial charge in [-0.3, -0.25) is 4.79 Å². The van der Waals surface area contributed by atoms with Crippen molar-refractivity contribution >= 4 is 5.97 Å². The predicted molar refractivity (Wildman–Crippen MR) is 127 cm³/mol. The number of nitrogens with zero attached hydrogens (tertiary/aromatic N) is 1. The molecule has 1 fully saturated rings. The van der Waals surface area contributed by atoms with Crippen molar-refractivity contribution in [3.63, 3.8) is 0 Å². The maximum Gasteiger partial charge on any atom is 0.309 e. The molecule has 1 aliphatic rings. The van der Waals surface area contributed by atoms with Crippen LogP contribution < -0.4 is 0 Å². The Labute approximate surface area is 193 Å². The molecule has 1 aliphatic heterocycles. The fourth-order valence-electron chi connectivity index (χ4n) is 5.52. The van der Waals surface area contributed by atoms with Crippen LogP contribution in [-0.4, -0.2) is 21.3 Å². The quantitative estimate of drug-likeness (QED) is 0.424. The molecular weight excluding hydrogens is 410 g/mol. The maximum atomic E-state index is 12.9. The molecule has 1 unspecified atom stereocenters. The Bertz CT molecular complexity index is 1150. The molecule has 1 saturated heterocycles. The van der Waals surface area contributed by atoms with Crippen LogP contribution in [0.25, 0.3) is 0 Å². The summed E-state index contributed by atoms with van der Waals surface area (Å²) < 4.78 is 0. The molecule has 4 aromatic rings. The second kappa shape index (κ2) is 8.32. The highest BCUT2D eigenvalue weighted by atomic mass is 16.5. The molecule has 4 aromatic carbocycles. The van der Waals surface area contributed by atoms with Crippen molar-refractivity contribution in [3.05, 3.63) is 144 Å². The van der Waals surface area contributed by atoms with Crippen LogP contribution in [0.1, 0.15) is 28.7 Å². The molecule has 1 atom stereocenters. The lowest BCUT2D eigenvalue weighted by Gasteiger charge is -2.44. The Morgan fingerprint density at radius 2 is 0.970 bits per heavy atom. The van der Waals surface area contributed by atoms with Gasteiger partial charge in [0.05, 0.1) is 11.5 Å². The minimum atomic E-state index is -1.29. The van der Waals surface area contributed by atoms with Gasteiger partial charge >= 0.3 is 5.97 Å². The first-order chi connectivity index (χ1) is 16.1. The summed E-state index contributed by atoms with van der Waals surface area (Å²) >= 11 is 0. The third-order valence-electron chi connectivity index (χ3n) is 6.93. The SMILES string of the molecule is O=C(O)C1CC(c2ccccc2)(c2ccccc2)N(O)C1(c1ccccc1)c1ccccc1. The van der Waals surface area contributed by atoms with Gasteiger partial charge in [0, 0.05) is 0 Å². The van der Waals surface area contributed by atoms with E-state index < -0.39 is 23.0 Å². The molecule has 0 bridgehead atoms. The molecule has 164 valence electrons. The third kappa shape index (κ3) is 3.10. The summed E-state index contributed by atoms with van der Waals surface area (Å²) in [7, 11) is 0. The summed E-state index contributed by atoms with van der Waals surface area (Å²) in [5, 5.41) is 24.2. The number of hydroxylamine groups is 2. The molecule has 0 aliphatic carbocycles. The number of aliphatic carboxylic acids is 1. The van der Waals surface area contributed by atoms with Crippen LogP contribution >= 0.6 is 0 Å². The second-order valence-electron chi connectivity index (χ2n) is 8.50. The van der Waals surface area contributed by atoms with E-state index in [0.717, 1.165) is 22.3 Å². The lowest BCUT2D eigenvalue weighted by Crippen LogP contribution is -2.52. The Morgan fingerprint density at radius 3 is 1.30 bits per heavy atom. The molecule has 4 nitrogen and oxygen atoms in total. The third-order valence-corrected chi connectivity index (χ3v) is 6.93. The van der Waals surface area contributed by atoms with Crippen LogP contribution in [0.2, 0.25) is 0 Å². The molecule has 0 amide bonds. The summed E-state index contributed by atoms with van der Waals surface area (Å²) in [5.41, 5.74) is 0.814. The van der Waals surface area contributed by atoms with Crippen molar-refractivity contribution in [2.45, 2.75) is 17.5 Å². The number of hydrogen-bond acceptors (Lipinski definition) is 3. The van der Waals surface area contributed by atoms with Gasteiger partial charge in [0.15, 0.2) is 0 Å². The van der Waals surface area contributed by atoms with Crippen molar-refractivity contribution in [1.29, 1.82) is 0 Å². The van der Waals surface area contributed by atoms with Gasteiger partial charge in [0.25, 0.3) is 0 Å². The normalized spacial score (nSPS) is 19.2. The first-order valence-corrected chi connectivity index (χ1v) is 11.1. The Morgan fingerprint density at radius 1 is 0.636 bits per heavy atom. The largest absolute Gasteiger partial charge is 0.481 e. The molecule has 4 heteroatoms. The number of hydrogen-bond donors (Lipinski definition) is 2. The average Bonchev–Trinajstić information content (AvgIpc) is 3.17. The smallest absolute Gasteiger partial charge is 0.309 e. The summed E-state index contributed by atoms with van der Waals surface area (Å²) in [6.45, 7) is 0. The van der Waals surface area contributed by atoms with Crippen molar-refractivity contribution < 1.29 is 15.1 Å². The molecule has 33 heavy (non-hydrogen) atoms. The monoisotopic (exact) mass is 435 g/mol. The Balaban J connectivity index is 1.88. The van der Waals surface area contributed by atoms with Crippen LogP contribution in [0.4, 0.5) is 0 Å². The lowest BCUT2D eigenvalue weighted by molar-refractivity contribution is -0.203. The van der Waals surface area contributed by atoms with Crippen molar-refractivity contribution in [3.8, 4) is 0 Å². The molecule has 0 saturated carbocycles. The number of carbonyl (C=O) groups is 1. The van der Waals surface area contributed by atoms with E-state index in [1.165, 1.54) is 5.06 Å². The number of carboxylic acids is 1. The van der Waals surface area contributed by atoms with Crippen LogP contribution in [0.3, 0.4) is 0 Å². The van der Waals surface area contributed by atoms with E-state index in [4.69, 9.17) is 0 Å². The molecule has 5 rings (SSSR count). The lowest BCUT2D eigenvalue weighted by atomic mass is 9.73. The first-order valence-electron chi connectivity index (χ1n) is 11.1. The summed E-state index contributed by atoms with van der Waals surface area (Å²) in [4.78, 5) is 12.9. The van der Waals surface area contributed by atoms with E-state index in [9.17, 15) is 15.1 Å². The number of carboxylic acid groups (broad SMARTS) is 1. The summed E-state index contributed by atoms with van der Waals surface area (Å²) in [6, 6.07) is 38.3. The summed E-state index contributed by atoms with van der Waals surface area (Å²) in [5.74, 6) is -1.86. The molecule has 0 aromatic heterocycles. The molecule has 0 radical (unpaired) electrons. The van der Waals surface area contributed by atoms with Gasteiger partial charge in [-0.05, 0) is 28.7 Å². The van der Waals surface area contributed by atoms with Gasteiger partial charge in [0.1, 0.15) is 5.54 Å². The second-order valence-corrected chi connectivity index (χ2v) is 8.50. The highest BCUT2D eigenvalue weighted by Gasteiger charge is 2.65. The summed E-state index contributed by atoms with van der Waals surface area (Å²) in [6.07, 6.45) is 0.205. The number of benzene rings is 4. The predicted octanol–water partition coefficient (Wildman–Crippen LogP) is 5.67. The van der Waals surface area contributed by atoms with Gasteiger partial charge in [-0.15, -0.1) is 0 Å². The zero-order chi connectivity index (χ0) is 22.9. The van der Waals surface area contributed by atoms with E-state index in [-0.39, 0.29) is 6.42 Å². The van der Waals surface area contributed by atoms with Gasteiger partial charge in [-0.2, -0.15) is 5.06 Å². The standard InChI is InChI=1S/C29H25NO3/c31-27(32)26-21-28(22-13-5-1-6-14-22,23-15-7-2-8-16-23)30(33)29(26,24-17-9-3-10-18-24)25-19-11-4-12-20-25/h1-20,26,33H,21H2,(H,31,32). The van der Waals surface area contributed by atoms with Crippen LogP contribution in [-0.2, 0) is 15.9 Å². The van der Waals surface area contributed by atoms with Crippen LogP contribution in [0, 0.1) is 5.92 Å². The Hall–Kier alpha value is -3.73. The Kier molecular flexibility index (Phi) is 5.33. The maximum absolute atomic E-state index is 12.9. The number of rotatable bonds is 5. The van der Waals surface area contributed by atoms with Crippen molar-refractivity contribution in [1.82, 2.24) is 5.06 Å². The van der Waals surface area contributed by atoms with E-state index in [0.29, 0.717) is 0 Å². The minimum Gasteiger partial charge on any atom is -0.481 e. The van der Waals surface area contributed by atoms with Crippen molar-refractivity contribution in [2.75, 3.05) is 0 Å². The zero-order valence-corrected chi connectivity index (χ0v) is 18.1. The average molecular weight is 436 g/mol. The topological polar surface area (TPSA) is 60.8 Å². The molecule has 2 N–H and O–H groups in total. The first kappa shape index (κ1) is 21.1. The molecule has 0 spiro atoms. The van der Waals surface area contributed by atoms with Gasteiger partial charge in [-0.25, -0.2) is 0 Å². The minimum absolute atomic E-state index is 0.205. The van der Waals surface area contributed by atoms with E-state index in [1.807, 2.05) is 121 Å². The van der Waals surface area contributed by atoms with Gasteiger partial charge in [-0.1, -0.05) is 121 Å². The van der Waals surface area contributed by atoms with E-state index in [1.54, 1.807) is 0 Å². The molecule has 1 heterocycles. The fourth-order valence-corrected chi connectivity index (χ4v) is 5.52. The van der Waals surface area contributed by atoms with E-state index in [2.05, 4.69) is 0 Å².